The van der Waals surface area contributed by atoms with Crippen LogP contribution in [0.5, 0.6) is 0 Å². The Labute approximate surface area is 101 Å². The van der Waals surface area contributed by atoms with Crippen molar-refractivity contribution < 1.29 is 4.39 Å². The van der Waals surface area contributed by atoms with Gasteiger partial charge < -0.3 is 16.0 Å². The van der Waals surface area contributed by atoms with E-state index in [-0.39, 0.29) is 11.9 Å². The van der Waals surface area contributed by atoms with E-state index in [0.29, 0.717) is 12.0 Å². The summed E-state index contributed by atoms with van der Waals surface area (Å²) in [4.78, 5) is 2.32. The van der Waals surface area contributed by atoms with Crippen molar-refractivity contribution >= 4 is 5.69 Å². The molecule has 3 nitrogen and oxygen atoms in total. The van der Waals surface area contributed by atoms with Gasteiger partial charge in [0.05, 0.1) is 0 Å². The Morgan fingerprint density at radius 3 is 3.12 bits per heavy atom. The molecule has 0 aromatic heterocycles. The van der Waals surface area contributed by atoms with Gasteiger partial charge in [0, 0.05) is 30.2 Å². The number of halogens is 1. The number of piperidine rings is 1. The van der Waals surface area contributed by atoms with Crippen LogP contribution in [0.25, 0.3) is 0 Å². The SMILES string of the molecule is CN1CCC2Nc3cc(F)ccc3C(N)C2C1. The van der Waals surface area contributed by atoms with Gasteiger partial charge in [0.15, 0.2) is 0 Å². The average molecular weight is 235 g/mol. The van der Waals surface area contributed by atoms with Crippen LogP contribution in [0.2, 0.25) is 0 Å². The fourth-order valence-corrected chi connectivity index (χ4v) is 3.07. The van der Waals surface area contributed by atoms with Gasteiger partial charge in [-0.3, -0.25) is 0 Å². The van der Waals surface area contributed by atoms with E-state index in [2.05, 4.69) is 17.3 Å². The van der Waals surface area contributed by atoms with Crippen LogP contribution in [0, 0.1) is 11.7 Å². The first-order chi connectivity index (χ1) is 8.15. The zero-order valence-electron chi connectivity index (χ0n) is 9.99. The second-order valence-electron chi connectivity index (χ2n) is 5.22. The van der Waals surface area contributed by atoms with E-state index in [4.69, 9.17) is 5.73 Å². The zero-order chi connectivity index (χ0) is 12.0. The Balaban J connectivity index is 1.96. The van der Waals surface area contributed by atoms with Gasteiger partial charge in [-0.25, -0.2) is 4.39 Å². The first kappa shape index (κ1) is 11.0. The smallest absolute Gasteiger partial charge is 0.125 e. The molecule has 92 valence electrons. The molecule has 1 fully saturated rings. The lowest BCUT2D eigenvalue weighted by molar-refractivity contribution is 0.168. The van der Waals surface area contributed by atoms with Crippen LogP contribution in [0.4, 0.5) is 10.1 Å². The topological polar surface area (TPSA) is 41.3 Å². The van der Waals surface area contributed by atoms with Crippen molar-refractivity contribution in [1.82, 2.24) is 4.90 Å². The molecule has 2 aliphatic rings. The quantitative estimate of drug-likeness (QED) is 0.717. The van der Waals surface area contributed by atoms with Gasteiger partial charge in [-0.2, -0.15) is 0 Å². The van der Waals surface area contributed by atoms with E-state index in [1.54, 1.807) is 6.07 Å². The summed E-state index contributed by atoms with van der Waals surface area (Å²) in [6.45, 7) is 2.08. The molecule has 4 heteroatoms. The average Bonchev–Trinajstić information content (AvgIpc) is 2.30. The van der Waals surface area contributed by atoms with Gasteiger partial charge in [0.25, 0.3) is 0 Å². The summed E-state index contributed by atoms with van der Waals surface area (Å²) >= 11 is 0. The molecular weight excluding hydrogens is 217 g/mol. The number of likely N-dealkylation sites (tertiary alicyclic amines) is 1. The molecule has 3 N–H and O–H groups in total. The summed E-state index contributed by atoms with van der Waals surface area (Å²) in [6.07, 6.45) is 1.07. The molecule has 3 unspecified atom stereocenters. The molecule has 0 amide bonds. The van der Waals surface area contributed by atoms with Crippen molar-refractivity contribution in [3.8, 4) is 0 Å². The maximum absolute atomic E-state index is 13.2. The maximum atomic E-state index is 13.2. The number of hydrogen-bond acceptors (Lipinski definition) is 3. The van der Waals surface area contributed by atoms with Crippen molar-refractivity contribution in [1.29, 1.82) is 0 Å². The molecule has 0 spiro atoms. The second kappa shape index (κ2) is 3.96. The molecule has 17 heavy (non-hydrogen) atoms. The third-order valence-electron chi connectivity index (χ3n) is 4.04. The van der Waals surface area contributed by atoms with E-state index in [1.165, 1.54) is 6.07 Å². The summed E-state index contributed by atoms with van der Waals surface area (Å²) in [5.41, 5.74) is 8.25. The summed E-state index contributed by atoms with van der Waals surface area (Å²) < 4.78 is 13.2. The number of nitrogens with zero attached hydrogens (tertiary/aromatic N) is 1. The van der Waals surface area contributed by atoms with Crippen LogP contribution in [0.1, 0.15) is 18.0 Å². The molecule has 0 aliphatic carbocycles. The molecule has 2 aliphatic heterocycles. The number of benzene rings is 1. The number of hydrogen-bond donors (Lipinski definition) is 2. The van der Waals surface area contributed by atoms with E-state index >= 15 is 0 Å². The third-order valence-corrected chi connectivity index (χ3v) is 4.04. The summed E-state index contributed by atoms with van der Waals surface area (Å²) in [5.74, 6) is 0.224. The summed E-state index contributed by atoms with van der Waals surface area (Å²) in [6, 6.07) is 5.26. The van der Waals surface area contributed by atoms with E-state index in [1.807, 2.05) is 6.07 Å². The largest absolute Gasteiger partial charge is 0.382 e. The molecule has 3 atom stereocenters. The van der Waals surface area contributed by atoms with Crippen molar-refractivity contribution in [3.63, 3.8) is 0 Å². The highest BCUT2D eigenvalue weighted by Gasteiger charge is 2.37. The molecule has 3 rings (SSSR count). The van der Waals surface area contributed by atoms with Gasteiger partial charge >= 0.3 is 0 Å². The van der Waals surface area contributed by atoms with Gasteiger partial charge in [-0.15, -0.1) is 0 Å². The fourth-order valence-electron chi connectivity index (χ4n) is 3.07. The van der Waals surface area contributed by atoms with Crippen LogP contribution in [-0.4, -0.2) is 31.1 Å². The van der Waals surface area contributed by atoms with Gasteiger partial charge in [0.1, 0.15) is 5.82 Å². The first-order valence-corrected chi connectivity index (χ1v) is 6.15. The summed E-state index contributed by atoms with van der Waals surface area (Å²) in [7, 11) is 2.13. The predicted octanol–water partition coefficient (Wildman–Crippen LogP) is 1.57. The Morgan fingerprint density at radius 2 is 2.29 bits per heavy atom. The Hall–Kier alpha value is -1.13. The van der Waals surface area contributed by atoms with Crippen LogP contribution < -0.4 is 11.1 Å². The van der Waals surface area contributed by atoms with Crippen LogP contribution in [0.3, 0.4) is 0 Å². The zero-order valence-corrected chi connectivity index (χ0v) is 9.99. The maximum Gasteiger partial charge on any atom is 0.125 e. The monoisotopic (exact) mass is 235 g/mol. The van der Waals surface area contributed by atoms with E-state index < -0.39 is 0 Å². The Bertz CT molecular complexity index is 435. The van der Waals surface area contributed by atoms with Gasteiger partial charge in [0.2, 0.25) is 0 Å². The highest BCUT2D eigenvalue weighted by molar-refractivity contribution is 5.56. The third kappa shape index (κ3) is 1.81. The second-order valence-corrected chi connectivity index (χ2v) is 5.22. The van der Waals surface area contributed by atoms with Gasteiger partial charge in [-0.1, -0.05) is 6.07 Å². The lowest BCUT2D eigenvalue weighted by atomic mass is 9.79. The highest BCUT2D eigenvalue weighted by Crippen LogP contribution is 2.38. The van der Waals surface area contributed by atoms with E-state index in [9.17, 15) is 4.39 Å². The van der Waals surface area contributed by atoms with Crippen molar-refractivity contribution in [2.75, 3.05) is 25.5 Å². The lowest BCUT2D eigenvalue weighted by Crippen LogP contribution is -2.51. The minimum absolute atomic E-state index is 0.0135. The minimum atomic E-state index is -0.199. The van der Waals surface area contributed by atoms with Crippen molar-refractivity contribution in [2.45, 2.75) is 18.5 Å². The van der Waals surface area contributed by atoms with E-state index in [0.717, 1.165) is 30.8 Å². The normalized spacial score (nSPS) is 32.5. The Morgan fingerprint density at radius 1 is 1.47 bits per heavy atom. The van der Waals surface area contributed by atoms with Crippen LogP contribution >= 0.6 is 0 Å². The number of rotatable bonds is 0. The van der Waals surface area contributed by atoms with Gasteiger partial charge in [-0.05, 0) is 37.7 Å². The molecular formula is C13H18FN3. The molecule has 0 bridgehead atoms. The number of nitrogens with two attached hydrogens (primary N) is 1. The minimum Gasteiger partial charge on any atom is -0.382 e. The number of anilines is 1. The highest BCUT2D eigenvalue weighted by atomic mass is 19.1. The van der Waals surface area contributed by atoms with Crippen LogP contribution in [0.15, 0.2) is 18.2 Å². The lowest BCUT2D eigenvalue weighted by Gasteiger charge is -2.44. The van der Waals surface area contributed by atoms with Crippen LogP contribution in [-0.2, 0) is 0 Å². The molecule has 2 heterocycles. The molecule has 1 saturated heterocycles. The number of nitrogens with one attached hydrogen (secondary N) is 1. The Kier molecular flexibility index (Phi) is 2.56. The first-order valence-electron chi connectivity index (χ1n) is 6.15. The van der Waals surface area contributed by atoms with Crippen molar-refractivity contribution in [3.05, 3.63) is 29.6 Å². The van der Waals surface area contributed by atoms with Crippen molar-refractivity contribution in [2.24, 2.45) is 11.7 Å². The molecule has 1 aromatic rings. The fraction of sp³-hybridized carbons (Fsp3) is 0.538. The predicted molar refractivity (Wildman–Crippen MR) is 66.3 cm³/mol. The molecule has 0 saturated carbocycles. The molecule has 0 radical (unpaired) electrons. The standard InChI is InChI=1S/C13H18FN3/c1-17-5-4-11-10(7-17)13(15)9-3-2-8(14)6-12(9)16-11/h2-3,6,10-11,13,16H,4-5,7,15H2,1H3. The molecule has 1 aromatic carbocycles. The summed E-state index contributed by atoms with van der Waals surface area (Å²) in [5, 5.41) is 3.44. The number of fused-ring (bicyclic) bond motifs is 2.